The molecule has 0 fully saturated rings. The molecule has 1 aliphatic heterocycles. The van der Waals surface area contributed by atoms with Crippen molar-refractivity contribution in [3.8, 4) is 6.07 Å². The number of pyridine rings is 1. The van der Waals surface area contributed by atoms with E-state index < -0.39 is 16.8 Å². The fraction of sp³-hybridized carbons (Fsp3) is 0.105. The summed E-state index contributed by atoms with van der Waals surface area (Å²) in [6, 6.07) is 10.8. The van der Waals surface area contributed by atoms with Gasteiger partial charge in [-0.1, -0.05) is 12.1 Å². The number of nitro groups is 1. The van der Waals surface area contributed by atoms with E-state index in [9.17, 15) is 20.2 Å². The number of ether oxygens (including phenoxy) is 2. The zero-order valence-electron chi connectivity index (χ0n) is 14.7. The second-order valence-electron chi connectivity index (χ2n) is 5.75. The number of rotatable bonds is 4. The van der Waals surface area contributed by atoms with Crippen LogP contribution in [0.3, 0.4) is 0 Å². The molecular formula is C19H14N4O5. The van der Waals surface area contributed by atoms with Crippen LogP contribution in [0, 0.1) is 21.4 Å². The molecule has 0 bridgehead atoms. The van der Waals surface area contributed by atoms with E-state index in [1.54, 1.807) is 18.2 Å². The lowest BCUT2D eigenvalue weighted by Crippen LogP contribution is -2.25. The number of nitrogens with zero attached hydrogens (tertiary/aromatic N) is 3. The van der Waals surface area contributed by atoms with Crippen LogP contribution < -0.4 is 5.73 Å². The lowest BCUT2D eigenvalue weighted by atomic mass is 9.82. The summed E-state index contributed by atoms with van der Waals surface area (Å²) in [6.45, 7) is 0. The zero-order valence-corrected chi connectivity index (χ0v) is 14.7. The van der Waals surface area contributed by atoms with Gasteiger partial charge in [0.2, 0.25) is 5.88 Å². The number of nitrogens with two attached hydrogens (primary N) is 1. The highest BCUT2D eigenvalue weighted by molar-refractivity contribution is 5.99. The normalized spacial score (nSPS) is 16.2. The summed E-state index contributed by atoms with van der Waals surface area (Å²) in [7, 11) is 1.19. The van der Waals surface area contributed by atoms with E-state index in [-0.39, 0.29) is 28.5 Å². The first-order valence-electron chi connectivity index (χ1n) is 8.02. The van der Waals surface area contributed by atoms with Crippen molar-refractivity contribution in [1.82, 2.24) is 4.98 Å². The van der Waals surface area contributed by atoms with E-state index in [0.717, 1.165) is 0 Å². The van der Waals surface area contributed by atoms with Crippen molar-refractivity contribution in [2.24, 2.45) is 5.73 Å². The van der Waals surface area contributed by atoms with Gasteiger partial charge in [0.05, 0.1) is 23.5 Å². The fourth-order valence-corrected chi connectivity index (χ4v) is 2.95. The molecule has 1 atom stereocenters. The molecule has 9 heteroatoms. The summed E-state index contributed by atoms with van der Waals surface area (Å²) in [5, 5.41) is 20.8. The number of methoxy groups -OCH3 is 1. The number of carbonyl (C=O) groups excluding carboxylic acids is 1. The second-order valence-corrected chi connectivity index (χ2v) is 5.75. The van der Waals surface area contributed by atoms with Crippen LogP contribution in [-0.2, 0) is 14.3 Å². The Hall–Kier alpha value is -4.19. The third kappa shape index (κ3) is 3.26. The van der Waals surface area contributed by atoms with Crippen molar-refractivity contribution in [3.63, 3.8) is 0 Å². The van der Waals surface area contributed by atoms with Gasteiger partial charge in [0.25, 0.3) is 5.69 Å². The van der Waals surface area contributed by atoms with E-state index in [2.05, 4.69) is 4.98 Å². The van der Waals surface area contributed by atoms with Crippen molar-refractivity contribution in [1.29, 1.82) is 5.26 Å². The van der Waals surface area contributed by atoms with Gasteiger partial charge in [-0.15, -0.1) is 0 Å². The standard InChI is InChI=1S/C19H14N4O5/c1-27-19(24)16-15(12-3-2-4-13(9-12)23(25)26)14(10-20)18(21)28-17(16)11-5-7-22-8-6-11/h2-9,15H,21H2,1H3. The molecule has 2 heterocycles. The first kappa shape index (κ1) is 18.6. The van der Waals surface area contributed by atoms with Crippen LogP contribution in [0.2, 0.25) is 0 Å². The fourth-order valence-electron chi connectivity index (χ4n) is 2.95. The topological polar surface area (TPSA) is 141 Å². The molecule has 3 rings (SSSR count). The van der Waals surface area contributed by atoms with Crippen LogP contribution in [0.4, 0.5) is 5.69 Å². The highest BCUT2D eigenvalue weighted by Crippen LogP contribution is 2.43. The maximum Gasteiger partial charge on any atom is 0.338 e. The van der Waals surface area contributed by atoms with Gasteiger partial charge in [0.15, 0.2) is 0 Å². The van der Waals surface area contributed by atoms with Gasteiger partial charge in [0, 0.05) is 30.1 Å². The van der Waals surface area contributed by atoms with E-state index in [4.69, 9.17) is 15.2 Å². The van der Waals surface area contributed by atoms with Crippen molar-refractivity contribution >= 4 is 17.4 Å². The van der Waals surface area contributed by atoms with Gasteiger partial charge >= 0.3 is 5.97 Å². The van der Waals surface area contributed by atoms with Crippen LogP contribution in [0.15, 0.2) is 65.8 Å². The Bertz CT molecular complexity index is 1050. The summed E-state index contributed by atoms with van der Waals surface area (Å²) in [5.74, 6) is -1.83. The Balaban J connectivity index is 2.30. The van der Waals surface area contributed by atoms with Crippen LogP contribution in [0.5, 0.6) is 0 Å². The highest BCUT2D eigenvalue weighted by atomic mass is 16.6. The third-order valence-electron chi connectivity index (χ3n) is 4.18. The zero-order chi connectivity index (χ0) is 20.3. The molecule has 28 heavy (non-hydrogen) atoms. The Morgan fingerprint density at radius 2 is 2.07 bits per heavy atom. The molecule has 0 saturated heterocycles. The number of nitriles is 1. The van der Waals surface area contributed by atoms with Crippen molar-refractivity contribution in [2.45, 2.75) is 5.92 Å². The molecule has 2 N–H and O–H groups in total. The molecule has 9 nitrogen and oxygen atoms in total. The maximum absolute atomic E-state index is 12.6. The average Bonchev–Trinajstić information content (AvgIpc) is 2.73. The molecule has 1 aromatic heterocycles. The molecule has 2 aromatic rings. The van der Waals surface area contributed by atoms with Crippen LogP contribution in [-0.4, -0.2) is 23.0 Å². The van der Waals surface area contributed by atoms with Gasteiger partial charge in [-0.25, -0.2) is 4.79 Å². The molecule has 0 spiro atoms. The van der Waals surface area contributed by atoms with Gasteiger partial charge in [0.1, 0.15) is 17.4 Å². The van der Waals surface area contributed by atoms with E-state index in [0.29, 0.717) is 11.1 Å². The number of allylic oxidation sites excluding steroid dienone is 1. The number of hydrogen-bond donors (Lipinski definition) is 1. The number of aromatic nitrogens is 1. The van der Waals surface area contributed by atoms with Gasteiger partial charge < -0.3 is 15.2 Å². The SMILES string of the molecule is COC(=O)C1=C(c2ccncc2)OC(N)=C(C#N)C1c1cccc([N+](=O)[O-])c1. The number of carbonyl (C=O) groups is 1. The molecule has 0 radical (unpaired) electrons. The van der Waals surface area contributed by atoms with Gasteiger partial charge in [-0.3, -0.25) is 15.1 Å². The molecular weight excluding hydrogens is 364 g/mol. The van der Waals surface area contributed by atoms with Crippen molar-refractivity contribution < 1.29 is 19.2 Å². The average molecular weight is 378 g/mol. The third-order valence-corrected chi connectivity index (χ3v) is 4.18. The molecule has 0 saturated carbocycles. The summed E-state index contributed by atoms with van der Waals surface area (Å²) in [6.07, 6.45) is 3.01. The minimum absolute atomic E-state index is 0.0138. The van der Waals surface area contributed by atoms with E-state index >= 15 is 0 Å². The predicted molar refractivity (Wildman–Crippen MR) is 96.9 cm³/mol. The summed E-state index contributed by atoms with van der Waals surface area (Å²) >= 11 is 0. The first-order chi connectivity index (χ1) is 13.5. The molecule has 1 unspecified atom stereocenters. The Morgan fingerprint density at radius 1 is 1.36 bits per heavy atom. The number of non-ortho nitro benzene ring substituents is 1. The monoisotopic (exact) mass is 378 g/mol. The smallest absolute Gasteiger partial charge is 0.338 e. The maximum atomic E-state index is 12.6. The van der Waals surface area contributed by atoms with Crippen LogP contribution in [0.25, 0.3) is 5.76 Å². The Labute approximate surface area is 159 Å². The Morgan fingerprint density at radius 3 is 2.68 bits per heavy atom. The molecule has 0 amide bonds. The largest absolute Gasteiger partial charge is 0.466 e. The van der Waals surface area contributed by atoms with E-state index in [1.165, 1.54) is 37.7 Å². The van der Waals surface area contributed by atoms with Crippen molar-refractivity contribution in [3.05, 3.63) is 87.1 Å². The van der Waals surface area contributed by atoms with Gasteiger partial charge in [-0.05, 0) is 17.7 Å². The lowest BCUT2D eigenvalue weighted by Gasteiger charge is -2.27. The van der Waals surface area contributed by atoms with Crippen LogP contribution in [0.1, 0.15) is 17.0 Å². The minimum Gasteiger partial charge on any atom is -0.466 e. The minimum atomic E-state index is -0.991. The lowest BCUT2D eigenvalue weighted by molar-refractivity contribution is -0.384. The van der Waals surface area contributed by atoms with E-state index in [1.807, 2.05) is 6.07 Å². The number of benzene rings is 1. The number of nitro benzene ring substituents is 1. The first-order valence-corrected chi connectivity index (χ1v) is 8.02. The van der Waals surface area contributed by atoms with Crippen molar-refractivity contribution in [2.75, 3.05) is 7.11 Å². The number of hydrogen-bond acceptors (Lipinski definition) is 8. The van der Waals surface area contributed by atoms with Gasteiger partial charge in [-0.2, -0.15) is 5.26 Å². The summed E-state index contributed by atoms with van der Waals surface area (Å²) in [4.78, 5) is 27.2. The second kappa shape index (κ2) is 7.59. The highest BCUT2D eigenvalue weighted by Gasteiger charge is 2.38. The Kier molecular flexibility index (Phi) is 5.04. The summed E-state index contributed by atoms with van der Waals surface area (Å²) in [5.41, 5.74) is 6.56. The molecule has 140 valence electrons. The molecule has 0 aliphatic carbocycles. The summed E-state index contributed by atoms with van der Waals surface area (Å²) < 4.78 is 10.5. The molecule has 1 aliphatic rings. The van der Waals surface area contributed by atoms with Crippen LogP contribution >= 0.6 is 0 Å². The molecule has 1 aromatic carbocycles. The quantitative estimate of drug-likeness (QED) is 0.485. The predicted octanol–water partition coefficient (Wildman–Crippen LogP) is 2.38. The number of esters is 1.